The molecule has 0 bridgehead atoms. The van der Waals surface area contributed by atoms with E-state index < -0.39 is 5.97 Å². The van der Waals surface area contributed by atoms with E-state index in [-0.39, 0.29) is 5.91 Å². The molecule has 158 valence electrons. The van der Waals surface area contributed by atoms with Crippen molar-refractivity contribution in [2.45, 2.75) is 19.9 Å². The van der Waals surface area contributed by atoms with Gasteiger partial charge in [-0.25, -0.2) is 14.8 Å². The summed E-state index contributed by atoms with van der Waals surface area (Å²) in [5, 5.41) is 0.660. The van der Waals surface area contributed by atoms with Crippen LogP contribution in [0, 0.1) is 6.92 Å². The van der Waals surface area contributed by atoms with Crippen LogP contribution >= 0.6 is 11.3 Å². The maximum atomic E-state index is 13.4. The second kappa shape index (κ2) is 9.09. The van der Waals surface area contributed by atoms with Gasteiger partial charge in [-0.3, -0.25) is 9.69 Å². The lowest BCUT2D eigenvalue weighted by molar-refractivity contribution is 0.0600. The lowest BCUT2D eigenvalue weighted by Gasteiger charge is -2.20. The van der Waals surface area contributed by atoms with Crippen molar-refractivity contribution < 1.29 is 14.3 Å². The number of amides is 1. The number of aromatic nitrogens is 3. The van der Waals surface area contributed by atoms with Crippen LogP contribution in [0.15, 0.2) is 61.2 Å². The number of fused-ring (bicyclic) bond motifs is 1. The van der Waals surface area contributed by atoms with Crippen LogP contribution in [0.3, 0.4) is 0 Å². The van der Waals surface area contributed by atoms with Gasteiger partial charge in [-0.1, -0.05) is 17.4 Å². The highest BCUT2D eigenvalue weighted by Crippen LogP contribution is 2.30. The molecule has 0 spiro atoms. The van der Waals surface area contributed by atoms with Crippen LogP contribution in [0.4, 0.5) is 5.13 Å². The van der Waals surface area contributed by atoms with Crippen molar-refractivity contribution in [3.05, 3.63) is 77.9 Å². The molecule has 0 atom stereocenters. The van der Waals surface area contributed by atoms with Gasteiger partial charge < -0.3 is 9.30 Å². The van der Waals surface area contributed by atoms with Gasteiger partial charge in [-0.2, -0.15) is 0 Å². The topological polar surface area (TPSA) is 77.3 Å². The molecule has 1 amide bonds. The normalized spacial score (nSPS) is 10.9. The molecule has 31 heavy (non-hydrogen) atoms. The van der Waals surface area contributed by atoms with E-state index in [2.05, 4.69) is 11.1 Å². The van der Waals surface area contributed by atoms with Crippen LogP contribution < -0.4 is 4.90 Å². The van der Waals surface area contributed by atoms with Crippen LogP contribution in [0.25, 0.3) is 10.2 Å². The Bertz CT molecular complexity index is 1200. The van der Waals surface area contributed by atoms with Crippen molar-refractivity contribution >= 4 is 38.6 Å². The predicted octanol–water partition coefficient (Wildman–Crippen LogP) is 4.32. The van der Waals surface area contributed by atoms with Crippen molar-refractivity contribution in [3.63, 3.8) is 0 Å². The molecule has 0 aliphatic rings. The minimum Gasteiger partial charge on any atom is -0.465 e. The van der Waals surface area contributed by atoms with E-state index >= 15 is 0 Å². The van der Waals surface area contributed by atoms with Crippen LogP contribution in [0.1, 0.15) is 32.7 Å². The van der Waals surface area contributed by atoms with Gasteiger partial charge in [0.05, 0.1) is 29.2 Å². The summed E-state index contributed by atoms with van der Waals surface area (Å²) in [4.78, 5) is 35.6. The number of anilines is 1. The van der Waals surface area contributed by atoms with Crippen LogP contribution in [0.2, 0.25) is 0 Å². The summed E-state index contributed by atoms with van der Waals surface area (Å²) in [6.45, 7) is 3.29. The number of nitrogens with zero attached hydrogens (tertiary/aromatic N) is 4. The van der Waals surface area contributed by atoms with E-state index in [1.807, 2.05) is 29.8 Å². The number of aryl methyl sites for hydroxylation is 2. The van der Waals surface area contributed by atoms with Gasteiger partial charge in [-0.05, 0) is 55.3 Å². The predicted molar refractivity (Wildman–Crippen MR) is 121 cm³/mol. The number of ether oxygens (including phenoxy) is 1. The number of hydrogen-bond acceptors (Lipinski definition) is 6. The molecule has 0 saturated carbocycles. The standard InChI is InChI=1S/C23H22N4O3S/c1-16-4-9-19-20(14-16)31-23(25-19)27(12-3-11-26-13-10-24-15-26)21(28)17-5-7-18(8-6-17)22(29)30-2/h4-10,13-15H,3,11-12H2,1-2H3. The molecule has 2 aromatic heterocycles. The second-order valence-electron chi connectivity index (χ2n) is 7.15. The smallest absolute Gasteiger partial charge is 0.337 e. The fourth-order valence-corrected chi connectivity index (χ4v) is 4.36. The first-order valence-corrected chi connectivity index (χ1v) is 10.7. The number of esters is 1. The van der Waals surface area contributed by atoms with E-state index in [1.54, 1.807) is 41.7 Å². The fraction of sp³-hybridized carbons (Fsp3) is 0.217. The molecule has 0 fully saturated rings. The number of carbonyl (C=O) groups excluding carboxylic acids is 2. The SMILES string of the molecule is COC(=O)c1ccc(C(=O)N(CCCn2ccnc2)c2nc3ccc(C)cc3s2)cc1. The number of methoxy groups -OCH3 is 1. The van der Waals surface area contributed by atoms with E-state index in [1.165, 1.54) is 18.4 Å². The fourth-order valence-electron chi connectivity index (χ4n) is 3.27. The lowest BCUT2D eigenvalue weighted by Crippen LogP contribution is -2.32. The van der Waals surface area contributed by atoms with Gasteiger partial charge in [-0.15, -0.1) is 0 Å². The van der Waals surface area contributed by atoms with Crippen LogP contribution in [-0.2, 0) is 11.3 Å². The van der Waals surface area contributed by atoms with Crippen molar-refractivity contribution in [2.75, 3.05) is 18.6 Å². The molecular weight excluding hydrogens is 412 g/mol. The number of thiazole rings is 1. The quantitative estimate of drug-likeness (QED) is 0.405. The Kier molecular flexibility index (Phi) is 6.08. The first-order chi connectivity index (χ1) is 15.0. The molecule has 0 N–H and O–H groups in total. The Hall–Kier alpha value is -3.52. The number of carbonyl (C=O) groups is 2. The first-order valence-electron chi connectivity index (χ1n) is 9.88. The molecular formula is C23H22N4O3S. The summed E-state index contributed by atoms with van der Waals surface area (Å²) < 4.78 is 7.76. The van der Waals surface area contributed by atoms with E-state index in [0.717, 1.165) is 28.7 Å². The zero-order valence-corrected chi connectivity index (χ0v) is 18.1. The maximum Gasteiger partial charge on any atom is 0.337 e. The Labute approximate surface area is 183 Å². The largest absolute Gasteiger partial charge is 0.465 e. The molecule has 0 aliphatic heterocycles. The summed E-state index contributed by atoms with van der Waals surface area (Å²) in [7, 11) is 1.33. The Morgan fingerprint density at radius 2 is 1.90 bits per heavy atom. The minimum atomic E-state index is -0.433. The summed E-state index contributed by atoms with van der Waals surface area (Å²) >= 11 is 1.50. The summed E-state index contributed by atoms with van der Waals surface area (Å²) in [6.07, 6.45) is 6.15. The average molecular weight is 435 g/mol. The number of benzene rings is 2. The van der Waals surface area contributed by atoms with Crippen LogP contribution in [0.5, 0.6) is 0 Å². The van der Waals surface area contributed by atoms with E-state index in [9.17, 15) is 9.59 Å². The highest BCUT2D eigenvalue weighted by atomic mass is 32.1. The Balaban J connectivity index is 1.61. The number of rotatable bonds is 7. The molecule has 0 unspecified atom stereocenters. The molecule has 7 nitrogen and oxygen atoms in total. The average Bonchev–Trinajstić information content (AvgIpc) is 3.45. The van der Waals surface area contributed by atoms with E-state index in [4.69, 9.17) is 9.72 Å². The van der Waals surface area contributed by atoms with Gasteiger partial charge in [0.1, 0.15) is 0 Å². The molecule has 8 heteroatoms. The third-order valence-electron chi connectivity index (χ3n) is 4.92. The summed E-state index contributed by atoms with van der Waals surface area (Å²) in [5.74, 6) is -0.587. The van der Waals surface area contributed by atoms with Gasteiger partial charge >= 0.3 is 5.97 Å². The number of hydrogen-bond donors (Lipinski definition) is 0. The van der Waals surface area contributed by atoms with Gasteiger partial charge in [0.2, 0.25) is 0 Å². The second-order valence-corrected chi connectivity index (χ2v) is 8.16. The van der Waals surface area contributed by atoms with Gasteiger partial charge in [0.25, 0.3) is 5.91 Å². The Morgan fingerprint density at radius 3 is 2.61 bits per heavy atom. The summed E-state index contributed by atoms with van der Waals surface area (Å²) in [6, 6.07) is 12.6. The molecule has 2 aromatic carbocycles. The molecule has 0 radical (unpaired) electrons. The molecule has 0 saturated heterocycles. The lowest BCUT2D eigenvalue weighted by atomic mass is 10.1. The van der Waals surface area contributed by atoms with Crippen molar-refractivity contribution in [1.29, 1.82) is 0 Å². The maximum absolute atomic E-state index is 13.4. The van der Waals surface area contributed by atoms with E-state index in [0.29, 0.717) is 22.8 Å². The van der Waals surface area contributed by atoms with Gasteiger partial charge in [0, 0.05) is 31.0 Å². The third kappa shape index (κ3) is 4.64. The zero-order valence-electron chi connectivity index (χ0n) is 17.3. The minimum absolute atomic E-state index is 0.155. The monoisotopic (exact) mass is 434 g/mol. The zero-order chi connectivity index (χ0) is 21.8. The highest BCUT2D eigenvalue weighted by molar-refractivity contribution is 7.22. The highest BCUT2D eigenvalue weighted by Gasteiger charge is 2.21. The first kappa shape index (κ1) is 20.7. The van der Waals surface area contributed by atoms with Crippen molar-refractivity contribution in [2.24, 2.45) is 0 Å². The van der Waals surface area contributed by atoms with Gasteiger partial charge in [0.15, 0.2) is 5.13 Å². The molecule has 2 heterocycles. The number of imidazole rings is 1. The Morgan fingerprint density at radius 1 is 1.13 bits per heavy atom. The molecule has 4 aromatic rings. The molecule has 0 aliphatic carbocycles. The van der Waals surface area contributed by atoms with Crippen molar-refractivity contribution in [3.8, 4) is 0 Å². The molecule has 4 rings (SSSR count). The van der Waals surface area contributed by atoms with Crippen LogP contribution in [-0.4, -0.2) is 40.1 Å². The third-order valence-corrected chi connectivity index (χ3v) is 5.96. The van der Waals surface area contributed by atoms with Crippen molar-refractivity contribution in [1.82, 2.24) is 14.5 Å². The summed E-state index contributed by atoms with van der Waals surface area (Å²) in [5.41, 5.74) is 2.92.